The lowest BCUT2D eigenvalue weighted by atomic mass is 9.95. The average Bonchev–Trinajstić information content (AvgIpc) is 2.62. The van der Waals surface area contributed by atoms with Gasteiger partial charge < -0.3 is 10.2 Å². The monoisotopic (exact) mass is 210 g/mol. The molecule has 2 saturated heterocycles. The van der Waals surface area contributed by atoms with Crippen LogP contribution in [0.25, 0.3) is 0 Å². The first-order valence-corrected chi connectivity index (χ1v) is 6.88. The molecule has 2 nitrogen and oxygen atoms in total. The topological polar surface area (TPSA) is 15.3 Å². The molecule has 0 aliphatic carbocycles. The second-order valence-corrected chi connectivity index (χ2v) is 5.24. The van der Waals surface area contributed by atoms with Crippen molar-refractivity contribution in [3.05, 3.63) is 0 Å². The SMILES string of the molecule is C1CNCCC(CCCN2CCCC2)C1. The third-order valence-corrected chi connectivity index (χ3v) is 3.98. The molecule has 0 bridgehead atoms. The first-order chi connectivity index (χ1) is 7.45. The highest BCUT2D eigenvalue weighted by Gasteiger charge is 2.14. The Morgan fingerprint density at radius 3 is 2.73 bits per heavy atom. The molecule has 1 unspecified atom stereocenters. The van der Waals surface area contributed by atoms with Crippen molar-refractivity contribution < 1.29 is 0 Å². The molecule has 2 heteroatoms. The average molecular weight is 210 g/mol. The van der Waals surface area contributed by atoms with Gasteiger partial charge in [-0.25, -0.2) is 0 Å². The normalized spacial score (nSPS) is 29.2. The standard InChI is InChI=1S/C13H26N2/c1-2-11-15(10-1)12-4-6-13-5-3-8-14-9-7-13/h13-14H,1-12H2. The quantitative estimate of drug-likeness (QED) is 0.765. The summed E-state index contributed by atoms with van der Waals surface area (Å²) in [6, 6.07) is 0. The minimum Gasteiger partial charge on any atom is -0.317 e. The number of hydrogen-bond acceptors (Lipinski definition) is 2. The molecule has 2 fully saturated rings. The van der Waals surface area contributed by atoms with E-state index < -0.39 is 0 Å². The maximum Gasteiger partial charge on any atom is -0.00183 e. The van der Waals surface area contributed by atoms with Gasteiger partial charge in [0, 0.05) is 0 Å². The van der Waals surface area contributed by atoms with Gasteiger partial charge in [-0.2, -0.15) is 0 Å². The van der Waals surface area contributed by atoms with E-state index in [9.17, 15) is 0 Å². The number of hydrogen-bond donors (Lipinski definition) is 1. The van der Waals surface area contributed by atoms with Crippen molar-refractivity contribution in [2.75, 3.05) is 32.7 Å². The fourth-order valence-corrected chi connectivity index (χ4v) is 2.99. The smallest absolute Gasteiger partial charge is 0.00183 e. The molecular formula is C13H26N2. The summed E-state index contributed by atoms with van der Waals surface area (Å²) in [5, 5.41) is 3.50. The molecular weight excluding hydrogens is 184 g/mol. The van der Waals surface area contributed by atoms with Gasteiger partial charge in [-0.1, -0.05) is 0 Å². The molecule has 88 valence electrons. The van der Waals surface area contributed by atoms with E-state index in [1.807, 2.05) is 0 Å². The predicted molar refractivity (Wildman–Crippen MR) is 65.1 cm³/mol. The molecule has 2 aliphatic rings. The highest BCUT2D eigenvalue weighted by atomic mass is 15.1. The number of nitrogens with zero attached hydrogens (tertiary/aromatic N) is 1. The summed E-state index contributed by atoms with van der Waals surface area (Å²) in [7, 11) is 0. The van der Waals surface area contributed by atoms with Gasteiger partial charge in [0.25, 0.3) is 0 Å². The summed E-state index contributed by atoms with van der Waals surface area (Å²) in [5.74, 6) is 1.02. The number of likely N-dealkylation sites (tertiary alicyclic amines) is 1. The lowest BCUT2D eigenvalue weighted by molar-refractivity contribution is 0.309. The molecule has 1 N–H and O–H groups in total. The lowest BCUT2D eigenvalue weighted by Gasteiger charge is -2.17. The summed E-state index contributed by atoms with van der Waals surface area (Å²) >= 11 is 0. The third kappa shape index (κ3) is 4.12. The molecule has 15 heavy (non-hydrogen) atoms. The highest BCUT2D eigenvalue weighted by Crippen LogP contribution is 2.20. The summed E-state index contributed by atoms with van der Waals surface area (Å²) in [6.07, 6.45) is 10.1. The zero-order valence-electron chi connectivity index (χ0n) is 10.0. The van der Waals surface area contributed by atoms with Gasteiger partial charge in [-0.15, -0.1) is 0 Å². The Bertz CT molecular complexity index is 156. The van der Waals surface area contributed by atoms with Crippen LogP contribution in [-0.2, 0) is 0 Å². The Kier molecular flexibility index (Phi) is 4.94. The van der Waals surface area contributed by atoms with E-state index in [2.05, 4.69) is 10.2 Å². The molecule has 0 aromatic carbocycles. The Balaban J connectivity index is 1.55. The Morgan fingerprint density at radius 2 is 1.87 bits per heavy atom. The first-order valence-electron chi connectivity index (χ1n) is 6.88. The summed E-state index contributed by atoms with van der Waals surface area (Å²) in [4.78, 5) is 2.65. The van der Waals surface area contributed by atoms with Crippen molar-refractivity contribution in [1.29, 1.82) is 0 Å². The summed E-state index contributed by atoms with van der Waals surface area (Å²) < 4.78 is 0. The van der Waals surface area contributed by atoms with Gasteiger partial charge in [0.05, 0.1) is 0 Å². The van der Waals surface area contributed by atoms with E-state index in [4.69, 9.17) is 0 Å². The first kappa shape index (κ1) is 11.4. The van der Waals surface area contributed by atoms with Crippen LogP contribution in [0.2, 0.25) is 0 Å². The van der Waals surface area contributed by atoms with E-state index in [0.29, 0.717) is 0 Å². The van der Waals surface area contributed by atoms with Gasteiger partial charge in [-0.05, 0) is 83.6 Å². The fourth-order valence-electron chi connectivity index (χ4n) is 2.99. The molecule has 0 aromatic rings. The third-order valence-electron chi connectivity index (χ3n) is 3.98. The van der Waals surface area contributed by atoms with Crippen LogP contribution in [0.15, 0.2) is 0 Å². The second kappa shape index (κ2) is 6.49. The summed E-state index contributed by atoms with van der Waals surface area (Å²) in [5.41, 5.74) is 0. The number of rotatable bonds is 4. The van der Waals surface area contributed by atoms with Crippen molar-refractivity contribution in [1.82, 2.24) is 10.2 Å². The van der Waals surface area contributed by atoms with Crippen LogP contribution in [-0.4, -0.2) is 37.6 Å². The summed E-state index contributed by atoms with van der Waals surface area (Å²) in [6.45, 7) is 6.61. The van der Waals surface area contributed by atoms with Gasteiger partial charge in [0.1, 0.15) is 0 Å². The molecule has 0 radical (unpaired) electrons. The van der Waals surface area contributed by atoms with Crippen LogP contribution in [0.3, 0.4) is 0 Å². The van der Waals surface area contributed by atoms with Crippen molar-refractivity contribution in [2.24, 2.45) is 5.92 Å². The Morgan fingerprint density at radius 1 is 1.00 bits per heavy atom. The van der Waals surface area contributed by atoms with E-state index in [0.717, 1.165) is 5.92 Å². The maximum absolute atomic E-state index is 3.50. The van der Waals surface area contributed by atoms with E-state index >= 15 is 0 Å². The highest BCUT2D eigenvalue weighted by molar-refractivity contribution is 4.70. The van der Waals surface area contributed by atoms with Crippen molar-refractivity contribution in [3.8, 4) is 0 Å². The molecule has 0 saturated carbocycles. The number of nitrogens with one attached hydrogen (secondary N) is 1. The van der Waals surface area contributed by atoms with E-state index in [-0.39, 0.29) is 0 Å². The van der Waals surface area contributed by atoms with Gasteiger partial charge in [0.15, 0.2) is 0 Å². The van der Waals surface area contributed by atoms with E-state index in [1.54, 1.807) is 0 Å². The van der Waals surface area contributed by atoms with E-state index in [1.165, 1.54) is 77.7 Å². The molecule has 1 atom stereocenters. The van der Waals surface area contributed by atoms with Crippen molar-refractivity contribution >= 4 is 0 Å². The predicted octanol–water partition coefficient (Wildman–Crippen LogP) is 2.25. The minimum absolute atomic E-state index is 1.02. The molecule has 0 aromatic heterocycles. The van der Waals surface area contributed by atoms with Gasteiger partial charge in [0.2, 0.25) is 0 Å². The molecule has 0 amide bonds. The zero-order valence-corrected chi connectivity index (χ0v) is 10.0. The van der Waals surface area contributed by atoms with Crippen molar-refractivity contribution in [3.63, 3.8) is 0 Å². The lowest BCUT2D eigenvalue weighted by Crippen LogP contribution is -2.21. The van der Waals surface area contributed by atoms with Crippen LogP contribution < -0.4 is 5.32 Å². The molecule has 2 heterocycles. The molecule has 0 spiro atoms. The van der Waals surface area contributed by atoms with Gasteiger partial charge >= 0.3 is 0 Å². The molecule has 2 aliphatic heterocycles. The Hall–Kier alpha value is -0.0800. The largest absolute Gasteiger partial charge is 0.317 e. The van der Waals surface area contributed by atoms with Crippen LogP contribution in [0.4, 0.5) is 0 Å². The van der Waals surface area contributed by atoms with Crippen LogP contribution in [0.1, 0.15) is 44.9 Å². The Labute approximate surface area is 94.4 Å². The van der Waals surface area contributed by atoms with Crippen LogP contribution in [0, 0.1) is 5.92 Å². The van der Waals surface area contributed by atoms with Gasteiger partial charge in [-0.3, -0.25) is 0 Å². The maximum atomic E-state index is 3.50. The molecule has 2 rings (SSSR count). The fraction of sp³-hybridized carbons (Fsp3) is 1.00. The zero-order chi connectivity index (χ0) is 10.3. The van der Waals surface area contributed by atoms with Crippen LogP contribution in [0.5, 0.6) is 0 Å². The van der Waals surface area contributed by atoms with Crippen LogP contribution >= 0.6 is 0 Å². The second-order valence-electron chi connectivity index (χ2n) is 5.24. The van der Waals surface area contributed by atoms with Crippen molar-refractivity contribution in [2.45, 2.75) is 44.9 Å². The minimum atomic E-state index is 1.02.